The Morgan fingerprint density at radius 3 is 1.71 bits per heavy atom. The van der Waals surface area contributed by atoms with Crippen molar-refractivity contribution in [3.63, 3.8) is 0 Å². The van der Waals surface area contributed by atoms with Crippen molar-refractivity contribution >= 4 is 0 Å². The summed E-state index contributed by atoms with van der Waals surface area (Å²) in [6, 6.07) is 2.77. The van der Waals surface area contributed by atoms with Gasteiger partial charge in [-0.1, -0.05) is 0 Å². The van der Waals surface area contributed by atoms with Gasteiger partial charge in [0.05, 0.1) is 0 Å². The standard InChI is InChI=1S/C4H3N3/c1-4(7,2-5)3-6/h7H,1H2. The van der Waals surface area contributed by atoms with Crippen molar-refractivity contribution in [2.75, 3.05) is 0 Å². The number of hydrogen-bond donors (Lipinski definition) is 0. The summed E-state index contributed by atoms with van der Waals surface area (Å²) in [5.41, 5.74) is 4.78. The first-order valence-electron chi connectivity index (χ1n) is 1.55. The van der Waals surface area contributed by atoms with Crippen molar-refractivity contribution in [2.24, 2.45) is 0 Å². The summed E-state index contributed by atoms with van der Waals surface area (Å²) in [6.45, 7) is 2.95. The molecule has 7 heavy (non-hydrogen) atoms. The maximum Gasteiger partial charge on any atom is 0.206 e. The second-order valence-electron chi connectivity index (χ2n) is 1.13. The predicted octanol–water partition coefficient (Wildman–Crippen LogP) is -0.111. The van der Waals surface area contributed by atoms with E-state index in [9.17, 15) is 0 Å². The largest absolute Gasteiger partial charge is 0.223 e. The molecular formula is C4H3N3. The van der Waals surface area contributed by atoms with Gasteiger partial charge in [-0.3, -0.25) is 0 Å². The number of nitrogens with one attached hydrogen (secondary N) is 1. The summed E-state index contributed by atoms with van der Waals surface area (Å²) in [4.78, 5) is 0. The summed E-state index contributed by atoms with van der Waals surface area (Å²) in [5.74, 6) is 0. The Morgan fingerprint density at radius 2 is 1.71 bits per heavy atom. The summed E-state index contributed by atoms with van der Waals surface area (Å²) < 4.78 is 0. The molecule has 0 amide bonds. The molecule has 3 nitrogen and oxygen atoms in total. The quantitative estimate of drug-likeness (QED) is 0.419. The highest BCUT2D eigenvalue weighted by Crippen LogP contribution is 1.91. The van der Waals surface area contributed by atoms with Gasteiger partial charge in [-0.15, -0.1) is 0 Å². The summed E-state index contributed by atoms with van der Waals surface area (Å²) in [7, 11) is 0. The summed E-state index contributed by atoms with van der Waals surface area (Å²) in [5, 5.41) is 15.7. The van der Waals surface area contributed by atoms with Crippen LogP contribution in [0, 0.1) is 29.6 Å². The SMILES string of the molecule is [CH2]C([NH])(C#N)C#N. The van der Waals surface area contributed by atoms with Crippen LogP contribution in [0.4, 0.5) is 0 Å². The van der Waals surface area contributed by atoms with Crippen LogP contribution in [0.5, 0.6) is 0 Å². The van der Waals surface area contributed by atoms with Crippen LogP contribution in [0.3, 0.4) is 0 Å². The van der Waals surface area contributed by atoms with Gasteiger partial charge in [-0.25, -0.2) is 5.73 Å². The minimum Gasteiger partial charge on any atom is -0.223 e. The molecule has 0 spiro atoms. The van der Waals surface area contributed by atoms with Gasteiger partial charge in [0, 0.05) is 0 Å². The average molecular weight is 93.1 g/mol. The molecule has 0 aromatic rings. The van der Waals surface area contributed by atoms with Crippen molar-refractivity contribution in [3.05, 3.63) is 6.92 Å². The van der Waals surface area contributed by atoms with Crippen LogP contribution < -0.4 is 5.73 Å². The summed E-state index contributed by atoms with van der Waals surface area (Å²) >= 11 is 0. The molecule has 0 fully saturated rings. The van der Waals surface area contributed by atoms with Crippen molar-refractivity contribution in [1.29, 1.82) is 10.5 Å². The van der Waals surface area contributed by atoms with Crippen molar-refractivity contribution in [3.8, 4) is 12.1 Å². The molecule has 3 heteroatoms. The van der Waals surface area contributed by atoms with Gasteiger partial charge < -0.3 is 0 Å². The highest BCUT2D eigenvalue weighted by molar-refractivity contribution is 5.21. The molecule has 2 radical (unpaired) electrons. The highest BCUT2D eigenvalue weighted by atomic mass is 14.7. The molecule has 0 saturated carbocycles. The maximum atomic E-state index is 7.87. The zero-order valence-electron chi connectivity index (χ0n) is 3.60. The normalized spacial score (nSPS) is 9.14. The number of nitrogens with zero attached hydrogens (tertiary/aromatic N) is 2. The zero-order chi connectivity index (χ0) is 5.91. The lowest BCUT2D eigenvalue weighted by Gasteiger charge is -1.95. The fraction of sp³-hybridized carbons (Fsp3) is 0.250. The Bertz CT molecular complexity index is 118. The fourth-order valence-electron chi connectivity index (χ4n) is 0.0250. The molecule has 0 heterocycles. The Balaban J connectivity index is 4.00. The first kappa shape index (κ1) is 5.94. The number of nitriles is 2. The molecule has 0 saturated heterocycles. The second kappa shape index (κ2) is 1.59. The van der Waals surface area contributed by atoms with Crippen molar-refractivity contribution < 1.29 is 0 Å². The average Bonchev–Trinajstić information content (AvgIpc) is 1.68. The number of hydrogen-bond acceptors (Lipinski definition) is 2. The third-order valence-corrected chi connectivity index (χ3v) is 0.382. The van der Waals surface area contributed by atoms with Crippen LogP contribution in [0.25, 0.3) is 0 Å². The van der Waals surface area contributed by atoms with Crippen LogP contribution in [-0.2, 0) is 0 Å². The van der Waals surface area contributed by atoms with E-state index < -0.39 is 5.54 Å². The molecule has 0 atom stereocenters. The molecule has 34 valence electrons. The maximum absolute atomic E-state index is 7.87. The van der Waals surface area contributed by atoms with E-state index in [1.165, 1.54) is 12.1 Å². The van der Waals surface area contributed by atoms with Gasteiger partial charge in [0.2, 0.25) is 5.54 Å². The molecule has 0 aromatic heterocycles. The van der Waals surface area contributed by atoms with E-state index >= 15 is 0 Å². The predicted molar refractivity (Wildman–Crippen MR) is 22.4 cm³/mol. The third-order valence-electron chi connectivity index (χ3n) is 0.382. The third kappa shape index (κ3) is 1.75. The fourth-order valence-corrected chi connectivity index (χ4v) is 0.0250. The van der Waals surface area contributed by atoms with Crippen molar-refractivity contribution in [1.82, 2.24) is 5.73 Å². The molecule has 0 aliphatic rings. The van der Waals surface area contributed by atoms with Crippen LogP contribution in [-0.4, -0.2) is 5.54 Å². The zero-order valence-corrected chi connectivity index (χ0v) is 3.60. The van der Waals surface area contributed by atoms with Gasteiger partial charge in [-0.05, 0) is 6.92 Å². The van der Waals surface area contributed by atoms with Crippen LogP contribution in [0.1, 0.15) is 0 Å². The molecular weight excluding hydrogens is 90.1 g/mol. The molecule has 1 N–H and O–H groups in total. The molecule has 0 aromatic carbocycles. The second-order valence-corrected chi connectivity index (χ2v) is 1.13. The van der Waals surface area contributed by atoms with E-state index in [4.69, 9.17) is 16.3 Å². The van der Waals surface area contributed by atoms with Gasteiger partial charge in [0.1, 0.15) is 12.1 Å². The van der Waals surface area contributed by atoms with Crippen LogP contribution >= 0.6 is 0 Å². The van der Waals surface area contributed by atoms with Crippen molar-refractivity contribution in [2.45, 2.75) is 5.54 Å². The topological polar surface area (TPSA) is 71.4 Å². The molecule has 0 bridgehead atoms. The first-order chi connectivity index (χ1) is 3.12. The smallest absolute Gasteiger partial charge is 0.206 e. The Labute approximate surface area is 42.0 Å². The minimum atomic E-state index is -1.81. The van der Waals surface area contributed by atoms with Gasteiger partial charge in [-0.2, -0.15) is 10.5 Å². The lowest BCUT2D eigenvalue weighted by molar-refractivity contribution is 0.819. The number of rotatable bonds is 0. The Kier molecular flexibility index (Phi) is 1.35. The monoisotopic (exact) mass is 93.0 g/mol. The van der Waals surface area contributed by atoms with Gasteiger partial charge in [0.15, 0.2) is 0 Å². The van der Waals surface area contributed by atoms with E-state index in [0.29, 0.717) is 0 Å². The van der Waals surface area contributed by atoms with Gasteiger partial charge >= 0.3 is 0 Å². The first-order valence-corrected chi connectivity index (χ1v) is 1.55. The van der Waals surface area contributed by atoms with E-state index in [1.54, 1.807) is 0 Å². The lowest BCUT2D eigenvalue weighted by Crippen LogP contribution is -2.20. The lowest BCUT2D eigenvalue weighted by atomic mass is 10.1. The van der Waals surface area contributed by atoms with E-state index in [-0.39, 0.29) is 0 Å². The summed E-state index contributed by atoms with van der Waals surface area (Å²) in [6.07, 6.45) is 0. The molecule has 0 rings (SSSR count). The van der Waals surface area contributed by atoms with E-state index in [1.807, 2.05) is 0 Å². The highest BCUT2D eigenvalue weighted by Gasteiger charge is 2.15. The molecule has 0 unspecified atom stereocenters. The van der Waals surface area contributed by atoms with Crippen LogP contribution in [0.15, 0.2) is 0 Å². The molecule has 0 aliphatic heterocycles. The van der Waals surface area contributed by atoms with E-state index in [0.717, 1.165) is 0 Å². The Morgan fingerprint density at radius 1 is 1.43 bits per heavy atom. The van der Waals surface area contributed by atoms with Gasteiger partial charge in [0.25, 0.3) is 0 Å². The van der Waals surface area contributed by atoms with E-state index in [2.05, 4.69) is 6.92 Å². The minimum absolute atomic E-state index is 1.39. The van der Waals surface area contributed by atoms with Crippen LogP contribution in [0.2, 0.25) is 0 Å². The molecule has 0 aliphatic carbocycles. The Hall–Kier alpha value is -1.06.